The Balaban J connectivity index is 0. The quantitative estimate of drug-likeness (QED) is 0.401. The zero-order valence-corrected chi connectivity index (χ0v) is 5.60. The van der Waals surface area contributed by atoms with Crippen LogP contribution in [-0.4, -0.2) is 27.3 Å². The molecule has 0 aliphatic heterocycles. The second kappa shape index (κ2) is 8.22. The lowest BCUT2D eigenvalue weighted by atomic mass is 10.5. The number of hydrogen-bond acceptors (Lipinski definition) is 3. The lowest BCUT2D eigenvalue weighted by molar-refractivity contribution is -0.134. The van der Waals surface area contributed by atoms with Gasteiger partial charge in [-0.25, -0.2) is 9.59 Å². The maximum atomic E-state index is 9.55. The lowest BCUT2D eigenvalue weighted by Crippen LogP contribution is -1.91. The van der Waals surface area contributed by atoms with Gasteiger partial charge in [0, 0.05) is 12.2 Å². The van der Waals surface area contributed by atoms with Gasteiger partial charge in [-0.05, 0) is 0 Å². The minimum Gasteiger partial charge on any atom is -0.516 e. The zero-order chi connectivity index (χ0) is 9.28. The summed E-state index contributed by atoms with van der Waals surface area (Å²) in [7, 11) is 0. The van der Waals surface area contributed by atoms with Crippen molar-refractivity contribution in [3.63, 3.8) is 0 Å². The summed E-state index contributed by atoms with van der Waals surface area (Å²) in [5.74, 6) is -2.51. The Hall–Kier alpha value is -1.78. The van der Waals surface area contributed by atoms with Crippen LogP contribution < -0.4 is 0 Å². The van der Waals surface area contributed by atoms with E-state index >= 15 is 0 Å². The Bertz CT molecular complexity index is 154. The summed E-state index contributed by atoms with van der Waals surface area (Å²) in [5.41, 5.74) is 0. The number of carboxylic acids is 2. The molecule has 0 aromatic carbocycles. The van der Waals surface area contributed by atoms with Gasteiger partial charge in [-0.15, -0.1) is 0 Å². The van der Waals surface area contributed by atoms with E-state index in [4.69, 9.17) is 15.3 Å². The molecule has 5 heteroatoms. The van der Waals surface area contributed by atoms with Crippen LogP contribution in [0.25, 0.3) is 0 Å². The maximum absolute atomic E-state index is 9.55. The lowest BCUT2D eigenvalue weighted by Gasteiger charge is -1.74. The molecule has 0 heterocycles. The van der Waals surface area contributed by atoms with Gasteiger partial charge in [-0.1, -0.05) is 6.58 Å². The Morgan fingerprint density at radius 1 is 1.09 bits per heavy atom. The van der Waals surface area contributed by atoms with Gasteiger partial charge >= 0.3 is 11.9 Å². The molecule has 0 fully saturated rings. The molecular formula is C6H8O5. The summed E-state index contributed by atoms with van der Waals surface area (Å²) >= 11 is 0. The van der Waals surface area contributed by atoms with E-state index in [-0.39, 0.29) is 0 Å². The van der Waals surface area contributed by atoms with Crippen molar-refractivity contribution in [1.29, 1.82) is 0 Å². The van der Waals surface area contributed by atoms with Crippen molar-refractivity contribution in [3.8, 4) is 0 Å². The van der Waals surface area contributed by atoms with Crippen LogP contribution >= 0.6 is 0 Å². The van der Waals surface area contributed by atoms with Crippen molar-refractivity contribution in [2.45, 2.75) is 0 Å². The van der Waals surface area contributed by atoms with E-state index in [1.807, 2.05) is 0 Å². The van der Waals surface area contributed by atoms with E-state index < -0.39 is 11.9 Å². The van der Waals surface area contributed by atoms with Crippen molar-refractivity contribution in [3.05, 3.63) is 25.0 Å². The molecule has 0 bridgehead atoms. The van der Waals surface area contributed by atoms with Gasteiger partial charge in [-0.2, -0.15) is 0 Å². The van der Waals surface area contributed by atoms with Crippen molar-refractivity contribution in [2.75, 3.05) is 0 Å². The van der Waals surface area contributed by atoms with Gasteiger partial charge in [0.15, 0.2) is 0 Å². The molecule has 0 amide bonds. The molecule has 11 heavy (non-hydrogen) atoms. The Labute approximate surface area is 62.9 Å². The minimum absolute atomic E-state index is 0.558. The van der Waals surface area contributed by atoms with Crippen LogP contribution in [0.1, 0.15) is 0 Å². The van der Waals surface area contributed by atoms with E-state index in [0.717, 1.165) is 6.26 Å². The summed E-state index contributed by atoms with van der Waals surface area (Å²) in [4.78, 5) is 19.1. The molecular weight excluding hydrogens is 152 g/mol. The van der Waals surface area contributed by atoms with E-state index in [0.29, 0.717) is 12.2 Å². The van der Waals surface area contributed by atoms with E-state index in [9.17, 15) is 9.59 Å². The molecule has 0 atom stereocenters. The highest BCUT2D eigenvalue weighted by Gasteiger charge is 1.88. The molecule has 0 aromatic heterocycles. The maximum Gasteiger partial charge on any atom is 0.328 e. The largest absolute Gasteiger partial charge is 0.516 e. The van der Waals surface area contributed by atoms with Crippen molar-refractivity contribution in [1.82, 2.24) is 0 Å². The molecule has 0 aliphatic carbocycles. The molecule has 0 radical (unpaired) electrons. The molecule has 62 valence electrons. The fraction of sp³-hybridized carbons (Fsp3) is 0. The number of aliphatic hydroxyl groups excluding tert-OH is 1. The number of rotatable bonds is 2. The van der Waals surface area contributed by atoms with E-state index in [2.05, 4.69) is 6.58 Å². The smallest absolute Gasteiger partial charge is 0.328 e. The SMILES string of the molecule is C=CO.O=C(O)C=CC(=O)O. The van der Waals surface area contributed by atoms with Gasteiger partial charge in [-0.3, -0.25) is 0 Å². The summed E-state index contributed by atoms with van der Waals surface area (Å²) in [5, 5.41) is 23.0. The molecule has 3 N–H and O–H groups in total. The number of carboxylic acid groups (broad SMARTS) is 2. The predicted octanol–water partition coefficient (Wildman–Crippen LogP) is 0.400. The average Bonchev–Trinajstić information content (AvgIpc) is 1.85. The minimum atomic E-state index is -1.26. The Morgan fingerprint density at radius 2 is 1.27 bits per heavy atom. The van der Waals surface area contributed by atoms with Crippen LogP contribution in [0.2, 0.25) is 0 Å². The summed E-state index contributed by atoms with van der Waals surface area (Å²) < 4.78 is 0. The first-order valence-electron chi connectivity index (χ1n) is 2.43. The summed E-state index contributed by atoms with van der Waals surface area (Å²) in [6.07, 6.45) is 1.87. The van der Waals surface area contributed by atoms with E-state index in [1.165, 1.54) is 0 Å². The van der Waals surface area contributed by atoms with Gasteiger partial charge in [0.2, 0.25) is 0 Å². The first-order valence-corrected chi connectivity index (χ1v) is 2.43. The highest BCUT2D eigenvalue weighted by atomic mass is 16.4. The first kappa shape index (κ1) is 12.0. The third-order valence-electron chi connectivity index (χ3n) is 0.368. The summed E-state index contributed by atoms with van der Waals surface area (Å²) in [6, 6.07) is 0. The third kappa shape index (κ3) is 30.7. The third-order valence-corrected chi connectivity index (χ3v) is 0.368. The molecule has 0 unspecified atom stereocenters. The molecule has 0 aliphatic rings. The van der Waals surface area contributed by atoms with Crippen LogP contribution in [-0.2, 0) is 9.59 Å². The summed E-state index contributed by atoms with van der Waals surface area (Å²) in [6.45, 7) is 2.92. The van der Waals surface area contributed by atoms with Gasteiger partial charge in [0.1, 0.15) is 0 Å². The van der Waals surface area contributed by atoms with Crippen molar-refractivity contribution >= 4 is 11.9 Å². The first-order chi connectivity index (χ1) is 5.04. The number of carbonyl (C=O) groups is 2. The zero-order valence-electron chi connectivity index (χ0n) is 5.60. The van der Waals surface area contributed by atoms with Gasteiger partial charge in [0.05, 0.1) is 6.26 Å². The van der Waals surface area contributed by atoms with E-state index in [1.54, 1.807) is 0 Å². The van der Waals surface area contributed by atoms with Crippen LogP contribution in [0.4, 0.5) is 0 Å². The van der Waals surface area contributed by atoms with Crippen LogP contribution in [0.5, 0.6) is 0 Å². The van der Waals surface area contributed by atoms with Gasteiger partial charge in [0.25, 0.3) is 0 Å². The second-order valence-electron chi connectivity index (χ2n) is 1.19. The predicted molar refractivity (Wildman–Crippen MR) is 37.2 cm³/mol. The molecule has 0 rings (SSSR count). The molecule has 0 saturated carbocycles. The van der Waals surface area contributed by atoms with Crippen molar-refractivity contribution in [2.24, 2.45) is 0 Å². The fourth-order valence-corrected chi connectivity index (χ4v) is 0.143. The number of aliphatic hydroxyl groups is 1. The monoisotopic (exact) mass is 160 g/mol. The second-order valence-corrected chi connectivity index (χ2v) is 1.19. The topological polar surface area (TPSA) is 94.8 Å². The number of hydrogen-bond donors (Lipinski definition) is 3. The fourth-order valence-electron chi connectivity index (χ4n) is 0.143. The Kier molecular flexibility index (Phi) is 8.93. The Morgan fingerprint density at radius 3 is 1.36 bits per heavy atom. The highest BCUT2D eigenvalue weighted by molar-refractivity contribution is 5.89. The average molecular weight is 160 g/mol. The van der Waals surface area contributed by atoms with Gasteiger partial charge < -0.3 is 15.3 Å². The van der Waals surface area contributed by atoms with Crippen LogP contribution in [0.15, 0.2) is 25.0 Å². The molecule has 0 spiro atoms. The molecule has 5 nitrogen and oxygen atoms in total. The van der Waals surface area contributed by atoms with Crippen LogP contribution in [0, 0.1) is 0 Å². The number of aliphatic carboxylic acids is 2. The molecule has 0 aromatic rings. The molecule has 0 saturated heterocycles. The highest BCUT2D eigenvalue weighted by Crippen LogP contribution is 1.70. The van der Waals surface area contributed by atoms with Crippen molar-refractivity contribution < 1.29 is 24.9 Å². The van der Waals surface area contributed by atoms with Crippen LogP contribution in [0.3, 0.4) is 0 Å². The standard InChI is InChI=1S/C4H4O4.C2H4O/c5-3(6)1-2-4(7)8;1-2-3/h1-2H,(H,5,6)(H,7,8);2-3H,1H2. The normalized spacial score (nSPS) is 8.00.